The highest BCUT2D eigenvalue weighted by Gasteiger charge is 2.39. The van der Waals surface area contributed by atoms with Gasteiger partial charge in [0.2, 0.25) is 5.91 Å². The maximum atomic E-state index is 13.1. The molecule has 0 spiro atoms. The molecular weight excluding hydrogens is 567 g/mol. The number of imidazole rings is 1. The molecule has 0 radical (unpaired) electrons. The predicted molar refractivity (Wildman–Crippen MR) is 147 cm³/mol. The molecule has 3 atom stereocenters. The van der Waals surface area contributed by atoms with E-state index in [1.807, 2.05) is 4.90 Å². The summed E-state index contributed by atoms with van der Waals surface area (Å²) in [5.41, 5.74) is 5.91. The standard InChI is InChI=1S/C29H26F3N7O4/c30-29(31,32)18-8-9-34-20(13-18)36-27(41)16-3-1-2-15(12-16)22(28(42)43)23-24-25(33)35-10-11-38(24)26(37-23)17-4-5-19-6-7-21(40)39(19)14-17/h1-3,8-13,17,19,22H,4-7,14H2,(H2,33,35)(H,42,43)(H,34,36,41)/t17-,19+,22?/m1/s1. The van der Waals surface area contributed by atoms with Crippen LogP contribution in [0.25, 0.3) is 5.52 Å². The minimum atomic E-state index is -4.62. The van der Waals surface area contributed by atoms with Crippen LogP contribution in [0.15, 0.2) is 55.0 Å². The molecule has 0 bridgehead atoms. The summed E-state index contributed by atoms with van der Waals surface area (Å²) in [5.74, 6) is -3.14. The quantitative estimate of drug-likeness (QED) is 0.302. The zero-order chi connectivity index (χ0) is 30.5. The highest BCUT2D eigenvalue weighted by atomic mass is 19.4. The summed E-state index contributed by atoms with van der Waals surface area (Å²) in [7, 11) is 0. The van der Waals surface area contributed by atoms with Crippen LogP contribution in [-0.2, 0) is 15.8 Å². The number of hydrogen-bond acceptors (Lipinski definition) is 7. The number of halogens is 3. The molecule has 0 saturated carbocycles. The van der Waals surface area contributed by atoms with Crippen LogP contribution in [0, 0.1) is 0 Å². The number of pyridine rings is 1. The average molecular weight is 594 g/mol. The van der Waals surface area contributed by atoms with Crippen LogP contribution in [0.3, 0.4) is 0 Å². The van der Waals surface area contributed by atoms with Gasteiger partial charge in [0, 0.05) is 49.1 Å². The maximum Gasteiger partial charge on any atom is 0.416 e. The Morgan fingerprint density at radius 3 is 2.67 bits per heavy atom. The van der Waals surface area contributed by atoms with Crippen LogP contribution in [-0.4, -0.2) is 59.7 Å². The Morgan fingerprint density at radius 2 is 1.91 bits per heavy atom. The lowest BCUT2D eigenvalue weighted by Gasteiger charge is -2.34. The Morgan fingerprint density at radius 1 is 1.09 bits per heavy atom. The topological polar surface area (TPSA) is 156 Å². The normalized spacial score (nSPS) is 19.3. The highest BCUT2D eigenvalue weighted by molar-refractivity contribution is 6.04. The van der Waals surface area contributed by atoms with Crippen molar-refractivity contribution in [3.63, 3.8) is 0 Å². The summed E-state index contributed by atoms with van der Waals surface area (Å²) in [5, 5.41) is 12.7. The van der Waals surface area contributed by atoms with Crippen molar-refractivity contribution in [2.24, 2.45) is 0 Å². The third-order valence-corrected chi connectivity index (χ3v) is 8.05. The second kappa shape index (κ2) is 10.7. The van der Waals surface area contributed by atoms with Gasteiger partial charge in [-0.3, -0.25) is 18.8 Å². The van der Waals surface area contributed by atoms with Crippen molar-refractivity contribution in [2.45, 2.75) is 49.7 Å². The van der Waals surface area contributed by atoms with Gasteiger partial charge in [0.1, 0.15) is 28.9 Å². The van der Waals surface area contributed by atoms with Crippen LogP contribution < -0.4 is 11.1 Å². The van der Waals surface area contributed by atoms with Gasteiger partial charge in [-0.15, -0.1) is 0 Å². The fourth-order valence-electron chi connectivity index (χ4n) is 6.02. The molecule has 2 saturated heterocycles. The molecule has 1 unspecified atom stereocenters. The Kier molecular flexibility index (Phi) is 6.98. The van der Waals surface area contributed by atoms with Gasteiger partial charge >= 0.3 is 12.1 Å². The molecule has 0 aliphatic carbocycles. The largest absolute Gasteiger partial charge is 0.480 e. The number of aliphatic carboxylic acids is 1. The molecule has 4 N–H and O–H groups in total. The Hall–Kier alpha value is -5.01. The zero-order valence-electron chi connectivity index (χ0n) is 22.6. The number of nitrogens with zero attached hydrogens (tertiary/aromatic N) is 5. The summed E-state index contributed by atoms with van der Waals surface area (Å²) >= 11 is 0. The molecule has 2 aliphatic rings. The average Bonchev–Trinajstić information content (AvgIpc) is 3.54. The zero-order valence-corrected chi connectivity index (χ0v) is 22.6. The number of carboxylic acid groups (broad SMARTS) is 1. The third-order valence-electron chi connectivity index (χ3n) is 8.05. The van der Waals surface area contributed by atoms with Crippen molar-refractivity contribution < 1.29 is 32.7 Å². The molecule has 6 rings (SSSR count). The van der Waals surface area contributed by atoms with Gasteiger partial charge in [-0.2, -0.15) is 13.2 Å². The third kappa shape index (κ3) is 5.24. The monoisotopic (exact) mass is 593 g/mol. The number of carbonyl (C=O) groups is 3. The minimum Gasteiger partial charge on any atom is -0.480 e. The van der Waals surface area contributed by atoms with E-state index >= 15 is 0 Å². The van der Waals surface area contributed by atoms with Crippen LogP contribution in [0.2, 0.25) is 0 Å². The smallest absolute Gasteiger partial charge is 0.416 e. The summed E-state index contributed by atoms with van der Waals surface area (Å²) in [4.78, 5) is 52.8. The van der Waals surface area contributed by atoms with E-state index in [4.69, 9.17) is 10.7 Å². The van der Waals surface area contributed by atoms with Crippen molar-refractivity contribution in [1.82, 2.24) is 24.3 Å². The first-order chi connectivity index (χ1) is 20.5. The SMILES string of the molecule is Nc1nccn2c([C@@H]3CC[C@H]4CCC(=O)N4C3)nc(C(C(=O)O)c3cccc(C(=O)Nc4cc(C(F)(F)F)ccn4)c3)c12. The number of carbonyl (C=O) groups excluding carboxylic acids is 2. The molecule has 2 amide bonds. The number of piperidine rings is 1. The van der Waals surface area contributed by atoms with Crippen LogP contribution >= 0.6 is 0 Å². The van der Waals surface area contributed by atoms with Gasteiger partial charge in [-0.1, -0.05) is 12.1 Å². The first-order valence-corrected chi connectivity index (χ1v) is 13.6. The van der Waals surface area contributed by atoms with E-state index in [0.29, 0.717) is 30.4 Å². The molecule has 4 aromatic rings. The molecule has 3 aromatic heterocycles. The van der Waals surface area contributed by atoms with E-state index in [1.54, 1.807) is 10.6 Å². The Balaban J connectivity index is 1.35. The number of benzene rings is 1. The van der Waals surface area contributed by atoms with E-state index in [-0.39, 0.29) is 46.3 Å². The summed E-state index contributed by atoms with van der Waals surface area (Å²) in [6.07, 6.45) is 2.35. The molecule has 5 heterocycles. The van der Waals surface area contributed by atoms with Gasteiger partial charge in [0.05, 0.1) is 11.3 Å². The number of aromatic nitrogens is 4. The molecule has 2 aliphatic heterocycles. The first-order valence-electron chi connectivity index (χ1n) is 13.6. The van der Waals surface area contributed by atoms with Crippen molar-refractivity contribution in [3.05, 3.63) is 83.2 Å². The molecule has 222 valence electrons. The van der Waals surface area contributed by atoms with Gasteiger partial charge in [-0.05, 0) is 49.1 Å². The number of anilines is 2. The number of amides is 2. The number of rotatable bonds is 6. The summed E-state index contributed by atoms with van der Waals surface area (Å²) < 4.78 is 41.0. The number of alkyl halides is 3. The van der Waals surface area contributed by atoms with Gasteiger partial charge in [0.15, 0.2) is 0 Å². The lowest BCUT2D eigenvalue weighted by Crippen LogP contribution is -2.41. The predicted octanol–water partition coefficient (Wildman–Crippen LogP) is 4.06. The van der Waals surface area contributed by atoms with Crippen molar-refractivity contribution in [3.8, 4) is 0 Å². The van der Waals surface area contributed by atoms with Gasteiger partial charge < -0.3 is 21.1 Å². The van der Waals surface area contributed by atoms with E-state index in [0.717, 1.165) is 31.5 Å². The second-order valence-corrected chi connectivity index (χ2v) is 10.7. The van der Waals surface area contributed by atoms with Crippen molar-refractivity contribution >= 4 is 34.9 Å². The second-order valence-electron chi connectivity index (χ2n) is 10.7. The summed E-state index contributed by atoms with van der Waals surface area (Å²) in [6.45, 7) is 0.460. The van der Waals surface area contributed by atoms with E-state index in [9.17, 15) is 32.7 Å². The summed E-state index contributed by atoms with van der Waals surface area (Å²) in [6, 6.07) is 7.43. The van der Waals surface area contributed by atoms with Crippen LogP contribution in [0.1, 0.15) is 70.5 Å². The van der Waals surface area contributed by atoms with E-state index in [2.05, 4.69) is 15.3 Å². The molecule has 2 fully saturated rings. The lowest BCUT2D eigenvalue weighted by molar-refractivity contribution is -0.138. The fraction of sp³-hybridized carbons (Fsp3) is 0.310. The number of nitrogens with one attached hydrogen (secondary N) is 1. The van der Waals surface area contributed by atoms with E-state index in [1.165, 1.54) is 30.5 Å². The Bertz CT molecular complexity index is 1760. The maximum absolute atomic E-state index is 13.1. The molecule has 43 heavy (non-hydrogen) atoms. The molecule has 11 nitrogen and oxygen atoms in total. The number of nitrogens with two attached hydrogens (primary N) is 1. The van der Waals surface area contributed by atoms with Crippen LogP contribution in [0.4, 0.5) is 24.8 Å². The first kappa shape index (κ1) is 28.1. The highest BCUT2D eigenvalue weighted by Crippen LogP contribution is 2.38. The number of fused-ring (bicyclic) bond motifs is 2. The van der Waals surface area contributed by atoms with Crippen LogP contribution in [0.5, 0.6) is 0 Å². The number of nitrogen functional groups attached to an aromatic ring is 1. The molecule has 1 aromatic carbocycles. The van der Waals surface area contributed by atoms with Crippen molar-refractivity contribution in [1.29, 1.82) is 0 Å². The van der Waals surface area contributed by atoms with Crippen molar-refractivity contribution in [2.75, 3.05) is 17.6 Å². The molecular formula is C29H26F3N7O4. The molecule has 14 heteroatoms. The number of carboxylic acids is 1. The lowest BCUT2D eigenvalue weighted by atomic mass is 9.92. The van der Waals surface area contributed by atoms with E-state index < -0.39 is 29.5 Å². The minimum absolute atomic E-state index is 0.00339. The number of hydrogen-bond donors (Lipinski definition) is 3. The Labute approximate surface area is 242 Å². The fourth-order valence-corrected chi connectivity index (χ4v) is 6.02. The van der Waals surface area contributed by atoms with Gasteiger partial charge in [-0.25, -0.2) is 15.0 Å². The van der Waals surface area contributed by atoms with Gasteiger partial charge in [0.25, 0.3) is 5.91 Å².